The zero-order valence-corrected chi connectivity index (χ0v) is 48.3. The van der Waals surface area contributed by atoms with E-state index < -0.39 is 14.9 Å². The van der Waals surface area contributed by atoms with Crippen LogP contribution in [-0.4, -0.2) is 27.6 Å². The fourth-order valence-corrected chi connectivity index (χ4v) is 11.5. The summed E-state index contributed by atoms with van der Waals surface area (Å²) < 4.78 is 31.3. The van der Waals surface area contributed by atoms with Crippen molar-refractivity contribution in [2.75, 3.05) is 0 Å². The van der Waals surface area contributed by atoms with Crippen molar-refractivity contribution in [2.24, 2.45) is 0 Å². The minimum absolute atomic E-state index is 0. The second-order valence-corrected chi connectivity index (χ2v) is 27.6. The standard InChI is InChI=1S/C54H47N2OSi.C15H17N2.Ir/c1-33(2)45-30-40(37-21-19-35(20-22-37)36-25-27-41(28-26-36)58(5,6)7)31-46(34(3)4)52(45)56-50-18-11-10-17-49(50)55-54(56)44-16-12-15-43-48-29-39-24-23-38-13-8-9-14-42(38)47(39)32-51(48)57-53(43)44;1-11-5-7-12(8-6-11)14-16-10-9-13(17-14)15(2,3)4;/h8-15,17-34H,1-7H3;5-7,9-10H,1-4H3;/q2*-1;/i;1D3;. The smallest absolute Gasteiger partial charge is 0.121 e. The van der Waals surface area contributed by atoms with Crippen molar-refractivity contribution in [2.45, 2.75) is 92.2 Å². The summed E-state index contributed by atoms with van der Waals surface area (Å²) in [5, 5.41) is 8.49. The third-order valence-corrected chi connectivity index (χ3v) is 16.6. The number of rotatable bonds is 8. The van der Waals surface area contributed by atoms with Crippen molar-refractivity contribution < 1.29 is 28.6 Å². The van der Waals surface area contributed by atoms with Gasteiger partial charge in [-0.3, -0.25) is 15.0 Å². The van der Waals surface area contributed by atoms with Gasteiger partial charge in [-0.2, -0.15) is 0 Å². The Balaban J connectivity index is 0.000000284. The summed E-state index contributed by atoms with van der Waals surface area (Å²) in [6.07, 6.45) is 1.72. The van der Waals surface area contributed by atoms with Gasteiger partial charge in [-0.05, 0) is 109 Å². The maximum absolute atomic E-state index is 7.35. The van der Waals surface area contributed by atoms with Crippen LogP contribution in [0.2, 0.25) is 19.6 Å². The monoisotopic (exact) mass is 1190 g/mol. The van der Waals surface area contributed by atoms with E-state index in [0.29, 0.717) is 11.4 Å². The molecule has 0 aliphatic carbocycles. The molecule has 12 aromatic rings. The molecule has 0 amide bonds. The minimum atomic E-state index is -2.11. The van der Waals surface area contributed by atoms with Crippen LogP contribution in [-0.2, 0) is 25.5 Å². The van der Waals surface area contributed by atoms with Crippen LogP contribution in [0.1, 0.15) is 86.8 Å². The SMILES string of the molecule is CC(C)c1cc(-c2ccc(-c3ccc([Si](C)(C)C)cc3)cc2)cc(C(C)C)c1-n1c(-c2[c-]ccc3c2oc2cc4c(ccc5ccccc54)cc23)nc2ccccc21.[2H]C([2H])([2H])c1c[c-]c(-c2nccc(C(C)(C)C)n2)cc1.[Ir]. The van der Waals surface area contributed by atoms with Gasteiger partial charge in [0, 0.05) is 52.6 Å². The van der Waals surface area contributed by atoms with Crippen LogP contribution in [0, 0.1) is 19.0 Å². The van der Waals surface area contributed by atoms with E-state index in [4.69, 9.17) is 13.5 Å². The summed E-state index contributed by atoms with van der Waals surface area (Å²) in [4.78, 5) is 14.1. The van der Waals surface area contributed by atoms with Gasteiger partial charge in [-0.15, -0.1) is 53.6 Å². The van der Waals surface area contributed by atoms with E-state index >= 15 is 0 Å². The van der Waals surface area contributed by atoms with Crippen LogP contribution < -0.4 is 5.19 Å². The second kappa shape index (κ2) is 20.7. The Kier molecular flexibility index (Phi) is 13.2. The number of nitrogens with zero attached hydrogens (tertiary/aromatic N) is 4. The molecule has 5 nitrogen and oxygen atoms in total. The predicted molar refractivity (Wildman–Crippen MR) is 319 cm³/mol. The van der Waals surface area contributed by atoms with Crippen molar-refractivity contribution in [1.82, 2.24) is 19.5 Å². The minimum Gasteiger partial charge on any atom is -0.501 e. The molecule has 9 aromatic carbocycles. The maximum atomic E-state index is 7.35. The summed E-state index contributed by atoms with van der Waals surface area (Å²) >= 11 is 0. The Morgan fingerprint density at radius 2 is 1.28 bits per heavy atom. The molecule has 381 valence electrons. The fraction of sp³-hybridized carbons (Fsp3) is 0.203. The van der Waals surface area contributed by atoms with Gasteiger partial charge >= 0.3 is 0 Å². The third kappa shape index (κ3) is 10.0. The number of imidazole rings is 1. The van der Waals surface area contributed by atoms with Crippen molar-refractivity contribution in [3.63, 3.8) is 0 Å². The van der Waals surface area contributed by atoms with Crippen molar-refractivity contribution in [3.8, 4) is 50.7 Å². The zero-order chi connectivity index (χ0) is 54.8. The molecule has 0 N–H and O–H groups in total. The van der Waals surface area contributed by atoms with Gasteiger partial charge in [0.2, 0.25) is 0 Å². The largest absolute Gasteiger partial charge is 0.501 e. The zero-order valence-electron chi connectivity index (χ0n) is 47.9. The Morgan fingerprint density at radius 1 is 0.618 bits per heavy atom. The van der Waals surface area contributed by atoms with Gasteiger partial charge in [0.05, 0.1) is 36.3 Å². The van der Waals surface area contributed by atoms with Crippen molar-refractivity contribution in [1.29, 1.82) is 0 Å². The van der Waals surface area contributed by atoms with E-state index in [1.165, 1.54) is 71.9 Å². The molecule has 0 saturated heterocycles. The molecule has 0 aliphatic heterocycles. The van der Waals surface area contributed by atoms with Gasteiger partial charge in [0.25, 0.3) is 0 Å². The average Bonchev–Trinajstić information content (AvgIpc) is 4.14. The van der Waals surface area contributed by atoms with Crippen LogP contribution in [0.4, 0.5) is 0 Å². The summed E-state index contributed by atoms with van der Waals surface area (Å²) in [5.74, 6) is 1.90. The fourth-order valence-electron chi connectivity index (χ4n) is 10.3. The summed E-state index contributed by atoms with van der Waals surface area (Å²) in [6, 6.07) is 66.5. The number of fused-ring (bicyclic) bond motifs is 7. The number of hydrogen-bond donors (Lipinski definition) is 0. The third-order valence-electron chi connectivity index (χ3n) is 14.5. The van der Waals surface area contributed by atoms with E-state index in [2.05, 4.69) is 234 Å². The van der Waals surface area contributed by atoms with E-state index in [-0.39, 0.29) is 42.9 Å². The first-order chi connectivity index (χ1) is 37.2. The molecule has 3 heterocycles. The van der Waals surface area contributed by atoms with E-state index in [1.807, 2.05) is 12.1 Å². The molecule has 0 atom stereocenters. The van der Waals surface area contributed by atoms with Crippen molar-refractivity contribution >= 4 is 67.8 Å². The Hall–Kier alpha value is -7.28. The number of furan rings is 1. The molecular formula is C69H64IrN4OSi-2. The molecule has 0 saturated carbocycles. The van der Waals surface area contributed by atoms with E-state index in [9.17, 15) is 0 Å². The normalized spacial score (nSPS) is 12.8. The predicted octanol–water partition coefficient (Wildman–Crippen LogP) is 18.4. The summed E-state index contributed by atoms with van der Waals surface area (Å²) in [5.41, 5.74) is 15.1. The number of aryl methyl sites for hydroxylation is 1. The van der Waals surface area contributed by atoms with Gasteiger partial charge in [-0.1, -0.05) is 188 Å². The first-order valence-corrected chi connectivity index (χ1v) is 29.6. The number of para-hydroxylation sites is 2. The van der Waals surface area contributed by atoms with E-state index in [1.54, 1.807) is 18.3 Å². The molecule has 12 rings (SSSR count). The Bertz CT molecular complexity index is 4170. The molecule has 0 bridgehead atoms. The number of benzene rings is 9. The molecule has 7 heteroatoms. The first kappa shape index (κ1) is 48.4. The molecule has 0 fully saturated rings. The van der Waals surface area contributed by atoms with Crippen LogP contribution in [0.5, 0.6) is 0 Å². The molecule has 76 heavy (non-hydrogen) atoms. The molecule has 3 aromatic heterocycles. The molecule has 0 unspecified atom stereocenters. The average molecular weight is 1190 g/mol. The maximum Gasteiger partial charge on any atom is 0.121 e. The molecule has 0 spiro atoms. The molecule has 1 radical (unpaired) electrons. The van der Waals surface area contributed by atoms with Crippen LogP contribution >= 0.6 is 0 Å². The van der Waals surface area contributed by atoms with Crippen LogP contribution in [0.15, 0.2) is 180 Å². The van der Waals surface area contributed by atoms with Gasteiger partial charge in [0.15, 0.2) is 0 Å². The number of hydrogen-bond acceptors (Lipinski definition) is 4. The first-order valence-electron chi connectivity index (χ1n) is 27.6. The topological polar surface area (TPSA) is 56.7 Å². The molecular weight excluding hydrogens is 1120 g/mol. The quantitative estimate of drug-likeness (QED) is 0.0864. The Morgan fingerprint density at radius 3 is 1.93 bits per heavy atom. The summed E-state index contributed by atoms with van der Waals surface area (Å²) in [6.45, 7) is 20.6. The van der Waals surface area contributed by atoms with Crippen LogP contribution in [0.25, 0.3) is 105 Å². The van der Waals surface area contributed by atoms with Crippen LogP contribution in [0.3, 0.4) is 0 Å². The Labute approximate surface area is 466 Å². The van der Waals surface area contributed by atoms with E-state index in [0.717, 1.165) is 50.1 Å². The molecule has 0 aliphatic rings. The second-order valence-electron chi connectivity index (χ2n) is 22.5. The number of aromatic nitrogens is 4. The van der Waals surface area contributed by atoms with Crippen molar-refractivity contribution in [3.05, 3.63) is 211 Å². The van der Waals surface area contributed by atoms with Gasteiger partial charge in [0.1, 0.15) is 5.58 Å². The van der Waals surface area contributed by atoms with Gasteiger partial charge in [-0.25, -0.2) is 0 Å². The van der Waals surface area contributed by atoms with Gasteiger partial charge < -0.3 is 8.98 Å². The summed E-state index contributed by atoms with van der Waals surface area (Å²) in [7, 11) is -1.35.